The van der Waals surface area contributed by atoms with Crippen molar-refractivity contribution in [2.24, 2.45) is 0 Å². The minimum atomic E-state index is -2.12. The lowest BCUT2D eigenvalue weighted by atomic mass is 9.94. The predicted molar refractivity (Wildman–Crippen MR) is 153 cm³/mol. The molecule has 4 fully saturated rings. The van der Waals surface area contributed by atoms with Crippen molar-refractivity contribution >= 4 is 17.8 Å². The van der Waals surface area contributed by atoms with Crippen LogP contribution in [0.5, 0.6) is 0 Å². The van der Waals surface area contributed by atoms with E-state index < -0.39 is 147 Å². The second-order valence-electron chi connectivity index (χ2n) is 12.5. The topological polar surface area (TPSA) is 339 Å². The summed E-state index contributed by atoms with van der Waals surface area (Å²) in [5.41, 5.74) is 0. The Kier molecular flexibility index (Phi) is 13.5. The smallest absolute Gasteiger partial charge is 0.335 e. The highest BCUT2D eigenvalue weighted by molar-refractivity contribution is 5.73. The van der Waals surface area contributed by atoms with Crippen LogP contribution in [0.2, 0.25) is 0 Å². The van der Waals surface area contributed by atoms with E-state index in [1.54, 1.807) is 0 Å². The molecule has 4 saturated heterocycles. The Morgan fingerprint density at radius 1 is 0.620 bits per heavy atom. The van der Waals surface area contributed by atoms with Gasteiger partial charge < -0.3 is 94.3 Å². The van der Waals surface area contributed by atoms with E-state index in [-0.39, 0.29) is 0 Å². The van der Waals surface area contributed by atoms with Crippen LogP contribution in [-0.2, 0) is 52.3 Å². The number of hydrogen-bond donors (Lipinski definition) is 11. The Morgan fingerprint density at radius 3 is 1.80 bits per heavy atom. The summed E-state index contributed by atoms with van der Waals surface area (Å²) < 4.78 is 44.8. The highest BCUT2D eigenvalue weighted by Gasteiger charge is 2.56. The molecule has 20 atom stereocenters. The van der Waals surface area contributed by atoms with Crippen molar-refractivity contribution in [3.63, 3.8) is 0 Å². The molecule has 22 heteroatoms. The monoisotopic (exact) mass is 731 g/mol. The normalized spacial score (nSPS) is 48.4. The van der Waals surface area contributed by atoms with E-state index >= 15 is 0 Å². The molecule has 22 nitrogen and oxygen atoms in total. The summed E-state index contributed by atoms with van der Waals surface area (Å²) in [6.45, 7) is 3.83. The fourth-order valence-electron chi connectivity index (χ4n) is 6.09. The average molecular weight is 732 g/mol. The molecule has 4 aliphatic rings. The molecule has 0 spiro atoms. The van der Waals surface area contributed by atoms with Crippen LogP contribution in [-0.4, -0.2) is 198 Å². The van der Waals surface area contributed by atoms with Crippen LogP contribution < -0.4 is 5.32 Å². The zero-order chi connectivity index (χ0) is 37.4. The number of aliphatic carboxylic acids is 1. The van der Waals surface area contributed by atoms with Gasteiger partial charge in [0.25, 0.3) is 0 Å². The second-order valence-corrected chi connectivity index (χ2v) is 12.5. The maximum absolute atomic E-state index is 12.4. The maximum atomic E-state index is 12.4. The number of aliphatic hydroxyl groups excluding tert-OH is 9. The first-order valence-electron chi connectivity index (χ1n) is 15.7. The molecule has 11 N–H and O–H groups in total. The summed E-state index contributed by atoms with van der Waals surface area (Å²) in [5.74, 6) is -3.47. The van der Waals surface area contributed by atoms with Crippen molar-refractivity contribution in [2.45, 2.75) is 150 Å². The number of rotatable bonds is 10. The molecule has 4 rings (SSSR count). The lowest BCUT2D eigenvalue weighted by Gasteiger charge is -2.50. The van der Waals surface area contributed by atoms with Crippen LogP contribution >= 0.6 is 0 Å². The van der Waals surface area contributed by atoms with Crippen molar-refractivity contribution in [1.29, 1.82) is 0 Å². The standard InChI is InChI=1S/C28H45NO21/c1-6-12(33)16(37)22(25(42)43-6)49-28-23(20(45-9(4)32)13(34)7(2)44-28)50-26-11(29-8(3)31)19(14(35)10(5-30)46-26)47-27-18(39)15(36)17(38)21(48-27)24(40)41/h6-7,10-23,25-28,30,33-39,42H,5H2,1-4H3,(H,29,31)(H,40,41)/t6?,7?,10?,11-,12-,13-,14-,15?,16?,17+,18-,19?,20?,21?,22-,23-,25+,26-,27+,28-/m0/s1. The molecule has 0 bridgehead atoms. The molecule has 288 valence electrons. The van der Waals surface area contributed by atoms with Crippen molar-refractivity contribution in [3.8, 4) is 0 Å². The molecule has 4 aliphatic heterocycles. The number of carboxylic acid groups (broad SMARTS) is 1. The third-order valence-electron chi connectivity index (χ3n) is 8.77. The predicted octanol–water partition coefficient (Wildman–Crippen LogP) is -6.89. The molecule has 0 aromatic carbocycles. The Morgan fingerprint density at radius 2 is 1.22 bits per heavy atom. The maximum Gasteiger partial charge on any atom is 0.335 e. The molecule has 0 aliphatic carbocycles. The van der Waals surface area contributed by atoms with E-state index in [9.17, 15) is 65.4 Å². The summed E-state index contributed by atoms with van der Waals surface area (Å²) in [6.07, 6.45) is -33.6. The highest BCUT2D eigenvalue weighted by Crippen LogP contribution is 2.35. The zero-order valence-corrected chi connectivity index (χ0v) is 27.2. The van der Waals surface area contributed by atoms with Gasteiger partial charge in [-0.3, -0.25) is 9.59 Å². The van der Waals surface area contributed by atoms with E-state index in [0.717, 1.165) is 13.8 Å². The molecule has 0 aromatic heterocycles. The largest absolute Gasteiger partial charge is 0.479 e. The third-order valence-corrected chi connectivity index (χ3v) is 8.77. The quantitative estimate of drug-likeness (QED) is 0.0930. The van der Waals surface area contributed by atoms with Gasteiger partial charge in [-0.15, -0.1) is 0 Å². The SMILES string of the molecule is CC(=O)N[C@H]1C(O[C@@H]2OC(C(=O)O)[C@H](O)C(O)[C@@H]2O)[C@@H](O)C(CO)O[C@H]1O[C@H]1C(OC(C)=O)[C@@H](O)C(C)O[C@H]1O[C@H]1C(O)[C@@H](O)C(C)O[C@H]1O. The molecule has 0 aromatic rings. The Balaban J connectivity index is 1.71. The minimum absolute atomic E-state index is 0.800. The lowest BCUT2D eigenvalue weighted by molar-refractivity contribution is -0.386. The van der Waals surface area contributed by atoms with E-state index in [1.807, 2.05) is 0 Å². The van der Waals surface area contributed by atoms with Gasteiger partial charge in [-0.25, -0.2) is 4.79 Å². The average Bonchev–Trinajstić information content (AvgIpc) is 3.04. The fourth-order valence-corrected chi connectivity index (χ4v) is 6.09. The zero-order valence-electron chi connectivity index (χ0n) is 27.2. The van der Waals surface area contributed by atoms with E-state index in [2.05, 4.69) is 5.32 Å². The summed E-state index contributed by atoms with van der Waals surface area (Å²) in [5, 5.41) is 107. The van der Waals surface area contributed by atoms with Gasteiger partial charge >= 0.3 is 11.9 Å². The number of carboxylic acids is 1. The first-order valence-corrected chi connectivity index (χ1v) is 15.7. The van der Waals surface area contributed by atoms with Crippen LogP contribution in [0.15, 0.2) is 0 Å². The lowest BCUT2D eigenvalue weighted by Crippen LogP contribution is -2.70. The number of esters is 1. The van der Waals surface area contributed by atoms with Gasteiger partial charge in [0, 0.05) is 13.8 Å². The number of amides is 1. The summed E-state index contributed by atoms with van der Waals surface area (Å²) in [7, 11) is 0. The van der Waals surface area contributed by atoms with Crippen molar-refractivity contribution in [1.82, 2.24) is 5.32 Å². The van der Waals surface area contributed by atoms with Crippen molar-refractivity contribution in [2.75, 3.05) is 6.61 Å². The van der Waals surface area contributed by atoms with Crippen LogP contribution in [0.4, 0.5) is 0 Å². The molecular weight excluding hydrogens is 686 g/mol. The molecule has 1 amide bonds. The van der Waals surface area contributed by atoms with Gasteiger partial charge in [-0.2, -0.15) is 0 Å². The molecule has 0 radical (unpaired) electrons. The van der Waals surface area contributed by atoms with Gasteiger partial charge in [0.05, 0.1) is 18.8 Å². The van der Waals surface area contributed by atoms with Gasteiger partial charge in [0.15, 0.2) is 43.5 Å². The molecule has 8 unspecified atom stereocenters. The van der Waals surface area contributed by atoms with Gasteiger partial charge in [-0.05, 0) is 13.8 Å². The van der Waals surface area contributed by atoms with E-state index in [1.165, 1.54) is 13.8 Å². The molecule has 50 heavy (non-hydrogen) atoms. The van der Waals surface area contributed by atoms with Gasteiger partial charge in [0.2, 0.25) is 5.91 Å². The summed E-state index contributed by atoms with van der Waals surface area (Å²) in [4.78, 5) is 36.2. The Labute approximate surface area is 283 Å². The molecule has 4 heterocycles. The third kappa shape index (κ3) is 8.52. The van der Waals surface area contributed by atoms with Crippen molar-refractivity contribution in [3.05, 3.63) is 0 Å². The van der Waals surface area contributed by atoms with Crippen LogP contribution in [0.3, 0.4) is 0 Å². The Bertz CT molecular complexity index is 1180. The second kappa shape index (κ2) is 16.6. The first-order chi connectivity index (χ1) is 23.4. The summed E-state index contributed by atoms with van der Waals surface area (Å²) in [6, 6.07) is -1.68. The van der Waals surface area contributed by atoms with E-state index in [4.69, 9.17) is 37.9 Å². The number of carbonyl (C=O) groups excluding carboxylic acids is 2. The van der Waals surface area contributed by atoms with Gasteiger partial charge in [-0.1, -0.05) is 0 Å². The molecule has 0 saturated carbocycles. The van der Waals surface area contributed by atoms with Gasteiger partial charge in [0.1, 0.15) is 67.1 Å². The van der Waals surface area contributed by atoms with Crippen LogP contribution in [0.1, 0.15) is 27.7 Å². The van der Waals surface area contributed by atoms with Crippen LogP contribution in [0.25, 0.3) is 0 Å². The summed E-state index contributed by atoms with van der Waals surface area (Å²) >= 11 is 0. The molecular formula is C28H45NO21. The Hall–Kier alpha value is -2.23. The van der Waals surface area contributed by atoms with Crippen molar-refractivity contribution < 1.29 is 103 Å². The minimum Gasteiger partial charge on any atom is -0.479 e. The number of ether oxygens (including phenoxy) is 8. The number of hydrogen-bond acceptors (Lipinski definition) is 20. The van der Waals surface area contributed by atoms with Crippen LogP contribution in [0, 0.1) is 0 Å². The fraction of sp³-hybridized carbons (Fsp3) is 0.893. The number of nitrogens with one attached hydrogen (secondary N) is 1. The highest BCUT2D eigenvalue weighted by atomic mass is 16.8. The number of aliphatic hydroxyl groups is 9. The van der Waals surface area contributed by atoms with E-state index in [0.29, 0.717) is 0 Å². The first kappa shape index (κ1) is 40.5. The number of carbonyl (C=O) groups is 3.